The van der Waals surface area contributed by atoms with E-state index in [4.69, 9.17) is 11.5 Å². The minimum Gasteiger partial charge on any atom is -0.398 e. The zero-order valence-corrected chi connectivity index (χ0v) is 21.4. The van der Waals surface area contributed by atoms with Gasteiger partial charge in [0.25, 0.3) is 0 Å². The Morgan fingerprint density at radius 1 is 0.647 bits per heavy atom. The smallest absolute Gasteiger partial charge is 0.339 e. The molecule has 0 saturated heterocycles. The number of unbranched alkanes of at least 4 members (excludes halogenated alkanes) is 2. The van der Waals surface area contributed by atoms with Crippen LogP contribution in [0.5, 0.6) is 0 Å². The van der Waals surface area contributed by atoms with Gasteiger partial charge in [-0.2, -0.15) is 17.6 Å². The van der Waals surface area contributed by atoms with E-state index in [1.165, 1.54) is 12.1 Å². The summed E-state index contributed by atoms with van der Waals surface area (Å²) in [5.41, 5.74) is 13.9. The maximum absolute atomic E-state index is 15.7. The summed E-state index contributed by atoms with van der Waals surface area (Å²) in [5, 5.41) is 0. The largest absolute Gasteiger partial charge is 0.398 e. The Morgan fingerprint density at radius 2 is 0.971 bits per heavy atom. The lowest BCUT2D eigenvalue weighted by Gasteiger charge is -2.30. The van der Waals surface area contributed by atoms with Crippen LogP contribution < -0.4 is 11.5 Å². The van der Waals surface area contributed by atoms with Crippen molar-refractivity contribution in [2.45, 2.75) is 104 Å². The van der Waals surface area contributed by atoms with E-state index in [-0.39, 0.29) is 11.8 Å². The summed E-state index contributed by atoms with van der Waals surface area (Å²) in [5.74, 6) is -9.18. The topological polar surface area (TPSA) is 52.0 Å². The fourth-order valence-corrected chi connectivity index (χ4v) is 4.30. The lowest BCUT2D eigenvalue weighted by molar-refractivity contribution is -0.224. The van der Waals surface area contributed by atoms with Crippen LogP contribution in [-0.4, -0.2) is 0 Å². The van der Waals surface area contributed by atoms with Gasteiger partial charge >= 0.3 is 11.8 Å². The first-order valence-corrected chi connectivity index (χ1v) is 12.4. The van der Waals surface area contributed by atoms with Gasteiger partial charge in [0.1, 0.15) is 0 Å². The molecule has 0 bridgehead atoms. The number of anilines is 2. The van der Waals surface area contributed by atoms with E-state index in [9.17, 15) is 0 Å². The van der Waals surface area contributed by atoms with Gasteiger partial charge in [0, 0.05) is 22.5 Å². The minimum atomic E-state index is -4.42. The van der Waals surface area contributed by atoms with Gasteiger partial charge in [0.2, 0.25) is 0 Å². The van der Waals surface area contributed by atoms with E-state index in [1.54, 1.807) is 0 Å². The molecule has 2 aromatic carbocycles. The first kappa shape index (κ1) is 28.0. The summed E-state index contributed by atoms with van der Waals surface area (Å²) in [6.45, 7) is 11.3. The Kier molecular flexibility index (Phi) is 9.06. The van der Waals surface area contributed by atoms with E-state index in [0.29, 0.717) is 46.5 Å². The Morgan fingerprint density at radius 3 is 1.24 bits per heavy atom. The van der Waals surface area contributed by atoms with Crippen LogP contribution in [-0.2, 0) is 24.7 Å². The number of halogens is 4. The summed E-state index contributed by atoms with van der Waals surface area (Å²) in [4.78, 5) is 0. The lowest BCUT2D eigenvalue weighted by atomic mass is 9.86. The molecule has 2 rings (SSSR count). The Balaban J connectivity index is 2.70. The first-order valence-electron chi connectivity index (χ1n) is 12.4. The van der Waals surface area contributed by atoms with Crippen molar-refractivity contribution >= 4 is 11.4 Å². The molecule has 0 fully saturated rings. The van der Waals surface area contributed by atoms with Crippen LogP contribution in [0.15, 0.2) is 24.3 Å². The van der Waals surface area contributed by atoms with Gasteiger partial charge < -0.3 is 11.5 Å². The van der Waals surface area contributed by atoms with Crippen molar-refractivity contribution in [1.29, 1.82) is 0 Å². The molecule has 2 nitrogen and oxygen atoms in total. The summed E-state index contributed by atoms with van der Waals surface area (Å²) < 4.78 is 62.8. The zero-order valence-electron chi connectivity index (χ0n) is 21.4. The molecule has 0 amide bonds. The van der Waals surface area contributed by atoms with Crippen LogP contribution >= 0.6 is 0 Å². The van der Waals surface area contributed by atoms with E-state index in [0.717, 1.165) is 37.8 Å². The van der Waals surface area contributed by atoms with Gasteiger partial charge in [-0.15, -0.1) is 0 Å². The van der Waals surface area contributed by atoms with Gasteiger partial charge in [0.15, 0.2) is 0 Å². The van der Waals surface area contributed by atoms with Gasteiger partial charge in [-0.3, -0.25) is 0 Å². The molecule has 0 aromatic heterocycles. The molecule has 34 heavy (non-hydrogen) atoms. The number of hydrogen-bond acceptors (Lipinski definition) is 2. The van der Waals surface area contributed by atoms with Gasteiger partial charge in [-0.1, -0.05) is 54.4 Å². The van der Waals surface area contributed by atoms with Crippen LogP contribution in [0, 0.1) is 0 Å². The standard InChI is InChI=1S/C28H40F4N2/c1-7-9-11-19-13-21(15-23(17(3)4)25(19)33)27(29,30)28(31,32)22-14-20(12-10-8-2)26(34)24(16-22)18(5)6/h13-18H,7-12,33-34H2,1-6H3. The van der Waals surface area contributed by atoms with E-state index in [1.807, 2.05) is 41.5 Å². The molecule has 0 spiro atoms. The summed E-state index contributed by atoms with van der Waals surface area (Å²) in [6.07, 6.45) is 4.11. The molecule has 0 aliphatic carbocycles. The molecular weight excluding hydrogens is 440 g/mol. The average Bonchev–Trinajstić information content (AvgIpc) is 2.76. The molecule has 0 unspecified atom stereocenters. The van der Waals surface area contributed by atoms with Gasteiger partial charge in [-0.05, 0) is 84.0 Å². The van der Waals surface area contributed by atoms with Crippen LogP contribution in [0.25, 0.3) is 0 Å². The molecule has 0 aliphatic rings. The number of hydrogen-bond donors (Lipinski definition) is 2. The second-order valence-electron chi connectivity index (χ2n) is 9.94. The SMILES string of the molecule is CCCCc1cc(C(F)(F)C(F)(F)c2cc(CCCC)c(N)c(C(C)C)c2)cc(C(C)C)c1N. The van der Waals surface area contributed by atoms with Gasteiger partial charge in [0.05, 0.1) is 0 Å². The normalized spacial score (nSPS) is 12.7. The highest BCUT2D eigenvalue weighted by atomic mass is 19.3. The van der Waals surface area contributed by atoms with Crippen molar-refractivity contribution in [3.8, 4) is 0 Å². The van der Waals surface area contributed by atoms with Crippen molar-refractivity contribution in [1.82, 2.24) is 0 Å². The number of nitrogens with two attached hydrogens (primary N) is 2. The molecule has 0 heterocycles. The van der Waals surface area contributed by atoms with E-state index in [2.05, 4.69) is 0 Å². The molecule has 4 N–H and O–H groups in total. The van der Waals surface area contributed by atoms with Crippen molar-refractivity contribution in [2.24, 2.45) is 0 Å². The monoisotopic (exact) mass is 480 g/mol. The predicted molar refractivity (Wildman–Crippen MR) is 135 cm³/mol. The van der Waals surface area contributed by atoms with Crippen LogP contribution in [0.4, 0.5) is 28.9 Å². The average molecular weight is 481 g/mol. The molecule has 0 atom stereocenters. The maximum atomic E-state index is 15.7. The molecule has 0 radical (unpaired) electrons. The number of aryl methyl sites for hydroxylation is 2. The minimum absolute atomic E-state index is 0.172. The highest BCUT2D eigenvalue weighted by Crippen LogP contribution is 2.51. The quantitative estimate of drug-likeness (QED) is 0.250. The Bertz CT molecular complexity index is 901. The molecule has 6 heteroatoms. The van der Waals surface area contributed by atoms with Crippen LogP contribution in [0.2, 0.25) is 0 Å². The second kappa shape index (κ2) is 11.0. The molecule has 0 aliphatic heterocycles. The first-order chi connectivity index (χ1) is 15.8. The fraction of sp³-hybridized carbons (Fsp3) is 0.571. The highest BCUT2D eigenvalue weighted by molar-refractivity contribution is 5.60. The fourth-order valence-electron chi connectivity index (χ4n) is 4.30. The van der Waals surface area contributed by atoms with Crippen LogP contribution in [0.1, 0.15) is 112 Å². The summed E-state index contributed by atoms with van der Waals surface area (Å²) >= 11 is 0. The second-order valence-corrected chi connectivity index (χ2v) is 9.94. The summed E-state index contributed by atoms with van der Waals surface area (Å²) in [7, 11) is 0. The highest BCUT2D eigenvalue weighted by Gasteiger charge is 2.59. The third-order valence-electron chi connectivity index (χ3n) is 6.56. The van der Waals surface area contributed by atoms with Crippen molar-refractivity contribution in [3.63, 3.8) is 0 Å². The maximum Gasteiger partial charge on any atom is 0.339 e. The zero-order chi connectivity index (χ0) is 25.8. The third-order valence-corrected chi connectivity index (χ3v) is 6.56. The van der Waals surface area contributed by atoms with E-state index >= 15 is 17.6 Å². The Labute approximate surface area is 202 Å². The number of alkyl halides is 4. The number of nitrogen functional groups attached to an aromatic ring is 2. The lowest BCUT2D eigenvalue weighted by Crippen LogP contribution is -2.36. The molecular formula is C28H40F4N2. The van der Waals surface area contributed by atoms with Crippen molar-refractivity contribution < 1.29 is 17.6 Å². The van der Waals surface area contributed by atoms with Crippen molar-refractivity contribution in [3.05, 3.63) is 57.6 Å². The van der Waals surface area contributed by atoms with Crippen LogP contribution in [0.3, 0.4) is 0 Å². The third kappa shape index (κ3) is 5.52. The molecule has 190 valence electrons. The number of rotatable bonds is 11. The molecule has 0 saturated carbocycles. The Hall–Kier alpha value is -2.24. The molecule has 2 aromatic rings. The predicted octanol–water partition coefficient (Wildman–Crippen LogP) is 8.67. The van der Waals surface area contributed by atoms with Gasteiger partial charge in [-0.25, -0.2) is 0 Å². The number of benzene rings is 2. The van der Waals surface area contributed by atoms with Crippen molar-refractivity contribution in [2.75, 3.05) is 11.5 Å². The summed E-state index contributed by atoms with van der Waals surface area (Å²) in [6, 6.07) is 4.65. The van der Waals surface area contributed by atoms with E-state index < -0.39 is 23.0 Å².